The number of pyridine rings is 2. The van der Waals surface area contributed by atoms with E-state index in [-0.39, 0.29) is 22.9 Å². The highest BCUT2D eigenvalue weighted by atomic mass is 19.1. The Morgan fingerprint density at radius 3 is 2.56 bits per heavy atom. The molecule has 2 heterocycles. The van der Waals surface area contributed by atoms with Gasteiger partial charge in [0.2, 0.25) is 5.91 Å². The number of hydrogen-bond acceptors (Lipinski definition) is 4. The number of rotatable bonds is 5. The van der Waals surface area contributed by atoms with E-state index < -0.39 is 17.5 Å². The van der Waals surface area contributed by atoms with Crippen LogP contribution in [0.5, 0.6) is 11.5 Å². The fraction of sp³-hybridized carbons (Fsp3) is 0.0417. The van der Waals surface area contributed by atoms with E-state index in [1.54, 1.807) is 43.6 Å². The van der Waals surface area contributed by atoms with E-state index in [0.29, 0.717) is 28.0 Å². The SMILES string of the molecule is C=CC(=O)Nc1cc(-c2cn(C)c(=O)c3ccccc23)c(Oc2ccc(F)cc2F)cn1. The molecule has 2 aromatic heterocycles. The van der Waals surface area contributed by atoms with Crippen molar-refractivity contribution in [1.82, 2.24) is 9.55 Å². The summed E-state index contributed by atoms with van der Waals surface area (Å²) < 4.78 is 34.7. The van der Waals surface area contributed by atoms with Crippen molar-refractivity contribution in [1.29, 1.82) is 0 Å². The molecule has 1 amide bonds. The van der Waals surface area contributed by atoms with Gasteiger partial charge in [0.1, 0.15) is 11.6 Å². The van der Waals surface area contributed by atoms with Gasteiger partial charge in [-0.05, 0) is 35.7 Å². The van der Waals surface area contributed by atoms with Crippen molar-refractivity contribution < 1.29 is 18.3 Å². The molecule has 0 aliphatic rings. The number of aromatic nitrogens is 2. The molecular weight excluding hydrogens is 416 g/mol. The van der Waals surface area contributed by atoms with Crippen molar-refractivity contribution in [3.63, 3.8) is 0 Å². The van der Waals surface area contributed by atoms with Gasteiger partial charge in [-0.15, -0.1) is 0 Å². The maximum atomic E-state index is 14.2. The molecule has 0 unspecified atom stereocenters. The monoisotopic (exact) mass is 433 g/mol. The predicted molar refractivity (Wildman–Crippen MR) is 118 cm³/mol. The molecule has 0 saturated carbocycles. The number of amides is 1. The van der Waals surface area contributed by atoms with Crippen molar-refractivity contribution in [2.45, 2.75) is 0 Å². The highest BCUT2D eigenvalue weighted by Crippen LogP contribution is 2.38. The maximum Gasteiger partial charge on any atom is 0.258 e. The molecule has 32 heavy (non-hydrogen) atoms. The molecule has 6 nitrogen and oxygen atoms in total. The second-order valence-corrected chi connectivity index (χ2v) is 6.94. The van der Waals surface area contributed by atoms with Gasteiger partial charge in [-0.1, -0.05) is 24.8 Å². The molecule has 0 spiro atoms. The zero-order valence-corrected chi connectivity index (χ0v) is 16.9. The number of aryl methyl sites for hydroxylation is 1. The molecule has 4 rings (SSSR count). The third-order valence-electron chi connectivity index (χ3n) is 4.80. The first-order valence-corrected chi connectivity index (χ1v) is 9.52. The lowest BCUT2D eigenvalue weighted by Gasteiger charge is -2.16. The number of benzene rings is 2. The van der Waals surface area contributed by atoms with Crippen LogP contribution >= 0.6 is 0 Å². The Morgan fingerprint density at radius 1 is 1.09 bits per heavy atom. The third kappa shape index (κ3) is 3.98. The summed E-state index contributed by atoms with van der Waals surface area (Å²) in [7, 11) is 1.61. The van der Waals surface area contributed by atoms with Crippen LogP contribution in [-0.4, -0.2) is 15.5 Å². The Labute approximate surface area is 181 Å². The predicted octanol–water partition coefficient (Wildman–Crippen LogP) is 4.80. The molecular formula is C24H17F2N3O3. The van der Waals surface area contributed by atoms with Gasteiger partial charge in [0.05, 0.1) is 6.20 Å². The molecule has 0 fully saturated rings. The van der Waals surface area contributed by atoms with E-state index in [0.717, 1.165) is 12.1 Å². The van der Waals surface area contributed by atoms with Crippen molar-refractivity contribution in [2.75, 3.05) is 5.32 Å². The van der Waals surface area contributed by atoms with Crippen LogP contribution in [0.2, 0.25) is 0 Å². The molecule has 0 aliphatic heterocycles. The summed E-state index contributed by atoms with van der Waals surface area (Å²) in [6.07, 6.45) is 4.03. The van der Waals surface area contributed by atoms with Gasteiger partial charge >= 0.3 is 0 Å². The number of hydrogen-bond donors (Lipinski definition) is 1. The van der Waals surface area contributed by atoms with Crippen molar-refractivity contribution >= 4 is 22.5 Å². The van der Waals surface area contributed by atoms with Crippen molar-refractivity contribution in [3.8, 4) is 22.6 Å². The molecule has 2 aromatic carbocycles. The molecule has 0 bridgehead atoms. The van der Waals surface area contributed by atoms with Crippen LogP contribution < -0.4 is 15.6 Å². The minimum atomic E-state index is -0.884. The number of anilines is 1. The number of fused-ring (bicyclic) bond motifs is 1. The number of carbonyl (C=O) groups is 1. The molecule has 0 atom stereocenters. The normalized spacial score (nSPS) is 10.7. The van der Waals surface area contributed by atoms with E-state index in [1.807, 2.05) is 0 Å². The van der Waals surface area contributed by atoms with Gasteiger partial charge in [0.15, 0.2) is 17.3 Å². The summed E-state index contributed by atoms with van der Waals surface area (Å²) in [5, 5.41) is 3.67. The molecule has 4 aromatic rings. The van der Waals surface area contributed by atoms with Crippen LogP contribution in [0, 0.1) is 11.6 Å². The van der Waals surface area contributed by atoms with Gasteiger partial charge in [-0.25, -0.2) is 13.8 Å². The number of ether oxygens (including phenoxy) is 1. The van der Waals surface area contributed by atoms with Gasteiger partial charge in [0.25, 0.3) is 5.56 Å². The number of halogens is 2. The summed E-state index contributed by atoms with van der Waals surface area (Å²) in [5.41, 5.74) is 0.845. The van der Waals surface area contributed by atoms with Crippen LogP contribution in [0.15, 0.2) is 78.4 Å². The molecule has 1 N–H and O–H groups in total. The standard InChI is InChI=1S/C24H17F2N3O3/c1-3-23(30)28-22-11-17(18-13-29(2)24(31)16-7-5-4-6-15(16)18)21(12-27-22)32-20-9-8-14(25)10-19(20)26/h3-13H,1H2,2H3,(H,27,28,30). The van der Waals surface area contributed by atoms with E-state index in [4.69, 9.17) is 4.74 Å². The lowest BCUT2D eigenvalue weighted by molar-refractivity contribution is -0.111. The minimum Gasteiger partial charge on any atom is -0.452 e. The topological polar surface area (TPSA) is 73.2 Å². The zero-order valence-electron chi connectivity index (χ0n) is 16.9. The molecule has 0 saturated heterocycles. The second-order valence-electron chi connectivity index (χ2n) is 6.94. The van der Waals surface area contributed by atoms with Crippen LogP contribution in [0.25, 0.3) is 21.9 Å². The summed E-state index contributed by atoms with van der Waals surface area (Å²) >= 11 is 0. The van der Waals surface area contributed by atoms with Gasteiger partial charge in [-0.2, -0.15) is 0 Å². The Hall–Kier alpha value is -4.33. The Balaban J connectivity index is 1.94. The lowest BCUT2D eigenvalue weighted by Crippen LogP contribution is -2.16. The summed E-state index contributed by atoms with van der Waals surface area (Å²) in [5.74, 6) is -1.94. The lowest BCUT2D eigenvalue weighted by atomic mass is 10.0. The first-order chi connectivity index (χ1) is 15.4. The van der Waals surface area contributed by atoms with Crippen molar-refractivity contribution in [3.05, 3.63) is 95.6 Å². The van der Waals surface area contributed by atoms with E-state index in [9.17, 15) is 18.4 Å². The summed E-state index contributed by atoms with van der Waals surface area (Å²) in [6.45, 7) is 3.41. The third-order valence-corrected chi connectivity index (χ3v) is 4.80. The molecule has 0 radical (unpaired) electrons. The molecule has 8 heteroatoms. The van der Waals surface area contributed by atoms with Gasteiger partial charge in [-0.3, -0.25) is 9.59 Å². The Morgan fingerprint density at radius 2 is 1.84 bits per heavy atom. The Bertz CT molecular complexity index is 1430. The van der Waals surface area contributed by atoms with E-state index in [2.05, 4.69) is 16.9 Å². The van der Waals surface area contributed by atoms with Crippen molar-refractivity contribution in [2.24, 2.45) is 7.05 Å². The number of nitrogens with zero attached hydrogens (tertiary/aromatic N) is 2. The largest absolute Gasteiger partial charge is 0.452 e. The minimum absolute atomic E-state index is 0.149. The van der Waals surface area contributed by atoms with Crippen LogP contribution in [0.1, 0.15) is 0 Å². The van der Waals surface area contributed by atoms with Crippen LogP contribution in [0.3, 0.4) is 0 Å². The summed E-state index contributed by atoms with van der Waals surface area (Å²) in [6, 6.07) is 11.5. The smallest absolute Gasteiger partial charge is 0.258 e. The maximum absolute atomic E-state index is 14.2. The fourth-order valence-electron chi connectivity index (χ4n) is 3.29. The summed E-state index contributed by atoms with van der Waals surface area (Å²) in [4.78, 5) is 28.5. The van der Waals surface area contributed by atoms with Crippen LogP contribution in [0.4, 0.5) is 14.6 Å². The number of carbonyl (C=O) groups excluding carboxylic acids is 1. The average Bonchev–Trinajstić information content (AvgIpc) is 2.79. The quantitative estimate of drug-likeness (QED) is 0.459. The number of nitrogens with one attached hydrogen (secondary N) is 1. The fourth-order valence-corrected chi connectivity index (χ4v) is 3.29. The van der Waals surface area contributed by atoms with Crippen LogP contribution in [-0.2, 0) is 11.8 Å². The first kappa shape index (κ1) is 20.9. The highest BCUT2D eigenvalue weighted by Gasteiger charge is 2.17. The first-order valence-electron chi connectivity index (χ1n) is 9.52. The van der Waals surface area contributed by atoms with Gasteiger partial charge in [0, 0.05) is 35.8 Å². The molecule has 0 aliphatic carbocycles. The Kier molecular flexibility index (Phi) is 5.51. The highest BCUT2D eigenvalue weighted by molar-refractivity contribution is 6.00. The van der Waals surface area contributed by atoms with E-state index in [1.165, 1.54) is 16.8 Å². The molecule has 160 valence electrons. The van der Waals surface area contributed by atoms with Gasteiger partial charge < -0.3 is 14.6 Å². The average molecular weight is 433 g/mol. The zero-order chi connectivity index (χ0) is 22.8. The van der Waals surface area contributed by atoms with E-state index >= 15 is 0 Å². The second kappa shape index (κ2) is 8.43.